The second-order valence-electron chi connectivity index (χ2n) is 5.24. The van der Waals surface area contributed by atoms with Gasteiger partial charge < -0.3 is 9.47 Å². The van der Waals surface area contributed by atoms with Crippen molar-refractivity contribution in [1.82, 2.24) is 5.32 Å². The van der Waals surface area contributed by atoms with Crippen LogP contribution in [0.5, 0.6) is 0 Å². The third-order valence-electron chi connectivity index (χ3n) is 3.53. The average molecular weight is 339 g/mol. The van der Waals surface area contributed by atoms with Crippen LogP contribution in [-0.2, 0) is 19.1 Å². The number of nitrogens with one attached hydrogen (secondary N) is 1. The van der Waals surface area contributed by atoms with Crippen LogP contribution in [0.4, 0.5) is 0 Å². The largest absolute Gasteiger partial charge is 0.444 e. The molecule has 1 fully saturated rings. The molecule has 0 spiro atoms. The van der Waals surface area contributed by atoms with Crippen LogP contribution < -0.4 is 5.32 Å². The van der Waals surface area contributed by atoms with Gasteiger partial charge in [0.1, 0.15) is 0 Å². The molecule has 0 bridgehead atoms. The summed E-state index contributed by atoms with van der Waals surface area (Å²) in [5, 5.41) is 2.00. The number of carbonyl (C=O) groups is 4. The monoisotopic (exact) mass is 339 g/mol. The van der Waals surface area contributed by atoms with Crippen LogP contribution >= 0.6 is 0 Å². The van der Waals surface area contributed by atoms with Crippen LogP contribution in [-0.4, -0.2) is 36.0 Å². The van der Waals surface area contributed by atoms with Crippen LogP contribution in [0.15, 0.2) is 60.7 Å². The van der Waals surface area contributed by atoms with E-state index in [-0.39, 0.29) is 11.1 Å². The van der Waals surface area contributed by atoms with E-state index in [0.717, 1.165) is 0 Å². The van der Waals surface area contributed by atoms with Crippen molar-refractivity contribution in [2.45, 2.75) is 12.2 Å². The van der Waals surface area contributed by atoms with Crippen molar-refractivity contribution in [2.24, 2.45) is 0 Å². The number of rotatable bonds is 4. The lowest BCUT2D eigenvalue weighted by molar-refractivity contribution is -0.130. The van der Waals surface area contributed by atoms with E-state index >= 15 is 0 Å². The molecule has 3 rings (SSSR count). The van der Waals surface area contributed by atoms with E-state index in [2.05, 4.69) is 0 Å². The number of benzene rings is 2. The van der Waals surface area contributed by atoms with E-state index in [1.165, 1.54) is 24.3 Å². The summed E-state index contributed by atoms with van der Waals surface area (Å²) in [6.45, 7) is 0. The molecule has 1 aliphatic heterocycles. The number of esters is 2. The Morgan fingerprint density at radius 2 is 1.04 bits per heavy atom. The van der Waals surface area contributed by atoms with Crippen LogP contribution in [0, 0.1) is 0 Å². The zero-order valence-corrected chi connectivity index (χ0v) is 12.9. The number of hydrogen-bond acceptors (Lipinski definition) is 6. The highest BCUT2D eigenvalue weighted by Gasteiger charge is 2.47. The number of ether oxygens (including phenoxy) is 2. The Hall–Kier alpha value is -3.48. The Bertz CT molecular complexity index is 748. The highest BCUT2D eigenvalue weighted by molar-refractivity contribution is 6.10. The van der Waals surface area contributed by atoms with Crippen molar-refractivity contribution in [3.8, 4) is 0 Å². The fraction of sp³-hybridized carbons (Fsp3) is 0.111. The molecule has 2 unspecified atom stereocenters. The van der Waals surface area contributed by atoms with Crippen molar-refractivity contribution in [2.75, 3.05) is 0 Å². The van der Waals surface area contributed by atoms with Crippen molar-refractivity contribution in [3.63, 3.8) is 0 Å². The maximum Gasteiger partial charge on any atom is 0.339 e. The molecular weight excluding hydrogens is 326 g/mol. The van der Waals surface area contributed by atoms with Gasteiger partial charge in [-0.3, -0.25) is 14.9 Å². The Kier molecular flexibility index (Phi) is 4.56. The molecule has 2 aromatic carbocycles. The van der Waals surface area contributed by atoms with Gasteiger partial charge >= 0.3 is 11.9 Å². The highest BCUT2D eigenvalue weighted by Crippen LogP contribution is 2.16. The van der Waals surface area contributed by atoms with Crippen LogP contribution in [0.25, 0.3) is 0 Å². The lowest BCUT2D eigenvalue weighted by atomic mass is 10.2. The first kappa shape index (κ1) is 16.4. The lowest BCUT2D eigenvalue weighted by Crippen LogP contribution is -2.37. The standard InChI is InChI=1S/C18H13NO6/c20-15-13(24-17(22)11-7-3-1-4-8-11)14(16(21)19-15)25-18(23)12-9-5-2-6-10-12/h1-10,13-14H,(H,19,20,21). The van der Waals surface area contributed by atoms with Gasteiger partial charge in [0.2, 0.25) is 12.2 Å². The molecule has 0 radical (unpaired) electrons. The molecule has 0 aliphatic carbocycles. The molecule has 2 aromatic rings. The molecule has 2 atom stereocenters. The first-order chi connectivity index (χ1) is 12.1. The van der Waals surface area contributed by atoms with Gasteiger partial charge in [-0.1, -0.05) is 36.4 Å². The first-order valence-electron chi connectivity index (χ1n) is 7.43. The molecule has 0 saturated carbocycles. The van der Waals surface area contributed by atoms with Crippen LogP contribution in [0.3, 0.4) is 0 Å². The number of hydrogen-bond donors (Lipinski definition) is 1. The quantitative estimate of drug-likeness (QED) is 0.661. The summed E-state index contributed by atoms with van der Waals surface area (Å²) in [6, 6.07) is 16.0. The second kappa shape index (κ2) is 6.96. The number of imide groups is 1. The minimum atomic E-state index is -1.53. The summed E-state index contributed by atoms with van der Waals surface area (Å²) in [6.07, 6.45) is -3.07. The third-order valence-corrected chi connectivity index (χ3v) is 3.53. The van der Waals surface area contributed by atoms with Gasteiger partial charge in [-0.15, -0.1) is 0 Å². The SMILES string of the molecule is O=C(OC1C(=O)NC(=O)C1OC(=O)c1ccccc1)c1ccccc1. The van der Waals surface area contributed by atoms with E-state index in [1.807, 2.05) is 5.32 Å². The Balaban J connectivity index is 1.75. The van der Waals surface area contributed by atoms with Gasteiger partial charge in [0, 0.05) is 0 Å². The first-order valence-corrected chi connectivity index (χ1v) is 7.43. The maximum atomic E-state index is 12.1. The molecule has 1 saturated heterocycles. The Morgan fingerprint density at radius 1 is 0.680 bits per heavy atom. The summed E-state index contributed by atoms with van der Waals surface area (Å²) in [5.74, 6) is -3.26. The van der Waals surface area contributed by atoms with Gasteiger partial charge in [0.05, 0.1) is 11.1 Å². The summed E-state index contributed by atoms with van der Waals surface area (Å²) in [7, 11) is 0. The molecule has 25 heavy (non-hydrogen) atoms. The summed E-state index contributed by atoms with van der Waals surface area (Å²) in [5.41, 5.74) is 0.422. The summed E-state index contributed by atoms with van der Waals surface area (Å²) in [4.78, 5) is 48.0. The van der Waals surface area contributed by atoms with E-state index < -0.39 is 36.0 Å². The average Bonchev–Trinajstić information content (AvgIpc) is 2.90. The van der Waals surface area contributed by atoms with Crippen molar-refractivity contribution in [3.05, 3.63) is 71.8 Å². The van der Waals surface area contributed by atoms with Gasteiger partial charge in [0.25, 0.3) is 11.8 Å². The van der Waals surface area contributed by atoms with Crippen molar-refractivity contribution < 1.29 is 28.7 Å². The number of amides is 2. The molecule has 2 amide bonds. The minimum Gasteiger partial charge on any atom is -0.444 e. The van der Waals surface area contributed by atoms with Gasteiger partial charge in [0.15, 0.2) is 0 Å². The smallest absolute Gasteiger partial charge is 0.339 e. The minimum absolute atomic E-state index is 0.211. The molecular formula is C18H13NO6. The molecule has 7 nitrogen and oxygen atoms in total. The van der Waals surface area contributed by atoms with E-state index in [9.17, 15) is 19.2 Å². The van der Waals surface area contributed by atoms with E-state index in [0.29, 0.717) is 0 Å². The van der Waals surface area contributed by atoms with Crippen molar-refractivity contribution >= 4 is 23.8 Å². The molecule has 0 aromatic heterocycles. The predicted molar refractivity (Wildman–Crippen MR) is 84.4 cm³/mol. The molecule has 7 heteroatoms. The van der Waals surface area contributed by atoms with Gasteiger partial charge in [-0.2, -0.15) is 0 Å². The predicted octanol–water partition coefficient (Wildman–Crippen LogP) is 1.09. The second-order valence-corrected chi connectivity index (χ2v) is 5.24. The Morgan fingerprint density at radius 3 is 1.40 bits per heavy atom. The fourth-order valence-electron chi connectivity index (χ4n) is 2.28. The highest BCUT2D eigenvalue weighted by atomic mass is 16.6. The van der Waals surface area contributed by atoms with E-state index in [1.54, 1.807) is 36.4 Å². The molecule has 1 aliphatic rings. The fourth-order valence-corrected chi connectivity index (χ4v) is 2.28. The normalized spacial score (nSPS) is 19.2. The zero-order valence-electron chi connectivity index (χ0n) is 12.9. The zero-order chi connectivity index (χ0) is 17.8. The molecule has 1 heterocycles. The number of carbonyl (C=O) groups excluding carboxylic acids is 4. The maximum absolute atomic E-state index is 12.1. The Labute approximate surface area is 142 Å². The van der Waals surface area contributed by atoms with E-state index in [4.69, 9.17) is 9.47 Å². The summed E-state index contributed by atoms with van der Waals surface area (Å²) < 4.78 is 10.2. The lowest BCUT2D eigenvalue weighted by Gasteiger charge is -2.16. The van der Waals surface area contributed by atoms with Gasteiger partial charge in [-0.25, -0.2) is 9.59 Å². The third kappa shape index (κ3) is 3.55. The van der Waals surface area contributed by atoms with Crippen molar-refractivity contribution in [1.29, 1.82) is 0 Å². The topological polar surface area (TPSA) is 98.8 Å². The van der Waals surface area contributed by atoms with Crippen LogP contribution in [0.1, 0.15) is 20.7 Å². The molecule has 126 valence electrons. The van der Waals surface area contributed by atoms with Crippen LogP contribution in [0.2, 0.25) is 0 Å². The van der Waals surface area contributed by atoms with Gasteiger partial charge in [-0.05, 0) is 24.3 Å². The summed E-state index contributed by atoms with van der Waals surface area (Å²) >= 11 is 0. The molecule has 1 N–H and O–H groups in total.